The van der Waals surface area contributed by atoms with E-state index < -0.39 is 0 Å². The molecule has 2 rings (SSSR count). The molecule has 0 saturated carbocycles. The zero-order valence-electron chi connectivity index (χ0n) is 12.2. The van der Waals surface area contributed by atoms with Crippen molar-refractivity contribution in [1.29, 1.82) is 0 Å². The van der Waals surface area contributed by atoms with Gasteiger partial charge in [0.2, 0.25) is 0 Å². The first-order chi connectivity index (χ1) is 9.78. The summed E-state index contributed by atoms with van der Waals surface area (Å²) in [6, 6.07) is 8.04. The molecule has 1 unspecified atom stereocenters. The Bertz CT molecular complexity index is 556. The Balaban J connectivity index is 2.17. The third kappa shape index (κ3) is 3.39. The first-order valence-corrected chi connectivity index (χ1v) is 7.15. The lowest BCUT2D eigenvalue weighted by atomic mass is 10.0. The van der Waals surface area contributed by atoms with Crippen molar-refractivity contribution in [1.82, 2.24) is 4.98 Å². The minimum Gasteiger partial charge on any atom is -0.497 e. The minimum absolute atomic E-state index is 0.593. The Hall–Kier alpha value is -1.81. The van der Waals surface area contributed by atoms with Gasteiger partial charge in [0.15, 0.2) is 0 Å². The van der Waals surface area contributed by atoms with Gasteiger partial charge >= 0.3 is 0 Å². The summed E-state index contributed by atoms with van der Waals surface area (Å²) in [6.07, 6.45) is 4.00. The molecule has 1 aromatic carbocycles. The monoisotopic (exact) mass is 273 g/mol. The van der Waals surface area contributed by atoms with Crippen LogP contribution in [0.5, 0.6) is 5.75 Å². The summed E-state index contributed by atoms with van der Waals surface area (Å²) in [4.78, 5) is 4.45. The number of hydrogen-bond donors (Lipinski definition) is 2. The van der Waals surface area contributed by atoms with Crippen molar-refractivity contribution in [2.75, 3.05) is 25.5 Å². The molecule has 4 heteroatoms. The Morgan fingerprint density at radius 2 is 2.20 bits per heavy atom. The molecule has 0 bridgehead atoms. The van der Waals surface area contributed by atoms with E-state index in [1.54, 1.807) is 7.11 Å². The average molecular weight is 273 g/mol. The fourth-order valence-electron chi connectivity index (χ4n) is 2.35. The van der Waals surface area contributed by atoms with Crippen LogP contribution >= 0.6 is 0 Å². The Morgan fingerprint density at radius 1 is 1.35 bits per heavy atom. The maximum atomic E-state index is 5.64. The highest BCUT2D eigenvalue weighted by molar-refractivity contribution is 5.92. The molecule has 20 heavy (non-hydrogen) atoms. The quantitative estimate of drug-likeness (QED) is 0.814. The summed E-state index contributed by atoms with van der Waals surface area (Å²) in [6.45, 7) is 3.84. The molecule has 2 aromatic rings. The van der Waals surface area contributed by atoms with Gasteiger partial charge in [0.1, 0.15) is 11.6 Å². The molecule has 0 aliphatic heterocycles. The van der Waals surface area contributed by atoms with Gasteiger partial charge in [-0.25, -0.2) is 4.98 Å². The fraction of sp³-hybridized carbons (Fsp3) is 0.438. The van der Waals surface area contributed by atoms with E-state index in [1.165, 1.54) is 0 Å². The zero-order chi connectivity index (χ0) is 14.4. The number of nitrogens with one attached hydrogen (secondary N) is 1. The molecule has 0 spiro atoms. The maximum Gasteiger partial charge on any atom is 0.133 e. The molecule has 0 saturated heterocycles. The molecule has 108 valence electrons. The molecule has 1 atom stereocenters. The van der Waals surface area contributed by atoms with Crippen LogP contribution in [0.2, 0.25) is 0 Å². The highest BCUT2D eigenvalue weighted by Gasteiger charge is 2.08. The molecular formula is C16H23N3O. The van der Waals surface area contributed by atoms with Crippen LogP contribution in [0.25, 0.3) is 10.8 Å². The molecule has 4 nitrogen and oxygen atoms in total. The molecule has 1 aromatic heterocycles. The highest BCUT2D eigenvalue weighted by Crippen LogP contribution is 2.25. The number of hydrogen-bond acceptors (Lipinski definition) is 4. The lowest BCUT2D eigenvalue weighted by molar-refractivity contribution is 0.415. The van der Waals surface area contributed by atoms with Gasteiger partial charge in [-0.1, -0.05) is 13.3 Å². The predicted molar refractivity (Wildman–Crippen MR) is 84.2 cm³/mol. The Morgan fingerprint density at radius 3 is 2.90 bits per heavy atom. The van der Waals surface area contributed by atoms with Gasteiger partial charge in [-0.15, -0.1) is 0 Å². The second-order valence-corrected chi connectivity index (χ2v) is 4.98. The van der Waals surface area contributed by atoms with Gasteiger partial charge in [-0.05, 0) is 48.5 Å². The van der Waals surface area contributed by atoms with E-state index in [9.17, 15) is 0 Å². The van der Waals surface area contributed by atoms with Crippen molar-refractivity contribution >= 4 is 16.6 Å². The number of anilines is 1. The molecule has 0 aliphatic rings. The summed E-state index contributed by atoms with van der Waals surface area (Å²) in [7, 11) is 1.68. The van der Waals surface area contributed by atoms with Crippen molar-refractivity contribution in [3.8, 4) is 5.75 Å². The van der Waals surface area contributed by atoms with Crippen LogP contribution in [-0.2, 0) is 0 Å². The van der Waals surface area contributed by atoms with Crippen LogP contribution in [0.4, 0.5) is 5.82 Å². The largest absolute Gasteiger partial charge is 0.497 e. The van der Waals surface area contributed by atoms with Crippen molar-refractivity contribution in [2.24, 2.45) is 11.7 Å². The van der Waals surface area contributed by atoms with Crippen molar-refractivity contribution in [2.45, 2.75) is 19.8 Å². The average Bonchev–Trinajstić information content (AvgIpc) is 2.50. The van der Waals surface area contributed by atoms with Gasteiger partial charge in [0.25, 0.3) is 0 Å². The number of aromatic nitrogens is 1. The van der Waals surface area contributed by atoms with E-state index in [0.29, 0.717) is 5.92 Å². The zero-order valence-corrected chi connectivity index (χ0v) is 12.2. The van der Waals surface area contributed by atoms with Crippen LogP contribution in [0.3, 0.4) is 0 Å². The van der Waals surface area contributed by atoms with Crippen molar-refractivity contribution in [3.63, 3.8) is 0 Å². The third-order valence-corrected chi connectivity index (χ3v) is 3.68. The summed E-state index contributed by atoms with van der Waals surface area (Å²) in [5.41, 5.74) is 5.64. The number of ether oxygens (including phenoxy) is 1. The van der Waals surface area contributed by atoms with Gasteiger partial charge < -0.3 is 15.8 Å². The lowest BCUT2D eigenvalue weighted by Crippen LogP contribution is -2.18. The number of methoxy groups -OCH3 is 1. The molecule has 0 radical (unpaired) electrons. The molecule has 0 aliphatic carbocycles. The van der Waals surface area contributed by atoms with E-state index in [0.717, 1.165) is 48.3 Å². The van der Waals surface area contributed by atoms with E-state index >= 15 is 0 Å². The van der Waals surface area contributed by atoms with E-state index in [4.69, 9.17) is 10.5 Å². The molecule has 1 heterocycles. The summed E-state index contributed by atoms with van der Waals surface area (Å²) >= 11 is 0. The number of nitrogens with two attached hydrogens (primary N) is 1. The van der Waals surface area contributed by atoms with Crippen LogP contribution in [-0.4, -0.2) is 25.2 Å². The highest BCUT2D eigenvalue weighted by atomic mass is 16.5. The Labute approximate surface area is 120 Å². The number of pyridine rings is 1. The smallest absolute Gasteiger partial charge is 0.133 e. The number of nitrogens with zero attached hydrogens (tertiary/aromatic N) is 1. The van der Waals surface area contributed by atoms with Crippen LogP contribution < -0.4 is 15.8 Å². The third-order valence-electron chi connectivity index (χ3n) is 3.68. The van der Waals surface area contributed by atoms with Crippen molar-refractivity contribution in [3.05, 3.63) is 30.5 Å². The summed E-state index contributed by atoms with van der Waals surface area (Å²) in [5.74, 6) is 2.39. The Kier molecular flexibility index (Phi) is 5.18. The number of benzene rings is 1. The van der Waals surface area contributed by atoms with E-state index in [1.807, 2.05) is 30.5 Å². The number of fused-ring (bicyclic) bond motifs is 1. The molecule has 0 amide bonds. The van der Waals surface area contributed by atoms with E-state index in [-0.39, 0.29) is 0 Å². The topological polar surface area (TPSA) is 60.2 Å². The maximum absolute atomic E-state index is 5.64. The van der Waals surface area contributed by atoms with Gasteiger partial charge in [0.05, 0.1) is 7.11 Å². The standard InChI is InChI=1S/C16H23N3O/c1-3-12(6-8-17)11-19-16-15-5-4-14(20-2)10-13(15)7-9-18-16/h4-5,7,9-10,12H,3,6,8,11,17H2,1-2H3,(H,18,19). The SMILES string of the molecule is CCC(CCN)CNc1nccc2cc(OC)ccc12. The minimum atomic E-state index is 0.593. The number of rotatable bonds is 7. The van der Waals surface area contributed by atoms with Crippen LogP contribution in [0.15, 0.2) is 30.5 Å². The van der Waals surface area contributed by atoms with E-state index in [2.05, 4.69) is 17.2 Å². The molecular weight excluding hydrogens is 250 g/mol. The first kappa shape index (κ1) is 14.6. The first-order valence-electron chi connectivity index (χ1n) is 7.15. The second kappa shape index (κ2) is 7.10. The van der Waals surface area contributed by atoms with Gasteiger partial charge in [-0.2, -0.15) is 0 Å². The fourth-order valence-corrected chi connectivity index (χ4v) is 2.35. The van der Waals surface area contributed by atoms with Crippen LogP contribution in [0, 0.1) is 5.92 Å². The summed E-state index contributed by atoms with van der Waals surface area (Å²) < 4.78 is 5.25. The summed E-state index contributed by atoms with van der Waals surface area (Å²) in [5, 5.41) is 5.71. The normalized spacial score (nSPS) is 12.3. The molecule has 0 fully saturated rings. The van der Waals surface area contributed by atoms with Crippen molar-refractivity contribution < 1.29 is 4.74 Å². The second-order valence-electron chi connectivity index (χ2n) is 4.98. The van der Waals surface area contributed by atoms with Gasteiger partial charge in [-0.3, -0.25) is 0 Å². The van der Waals surface area contributed by atoms with Crippen LogP contribution in [0.1, 0.15) is 19.8 Å². The predicted octanol–water partition coefficient (Wildman–Crippen LogP) is 3.03. The van der Waals surface area contributed by atoms with Gasteiger partial charge in [0, 0.05) is 18.1 Å². The lowest BCUT2D eigenvalue weighted by Gasteiger charge is -2.16. The molecule has 3 N–H and O–H groups in total.